The van der Waals surface area contributed by atoms with Crippen molar-refractivity contribution in [3.8, 4) is 44.5 Å². The maximum atomic E-state index is 2.40. The molecule has 0 saturated heterocycles. The molecule has 0 bridgehead atoms. The Bertz CT molecular complexity index is 4880. The van der Waals surface area contributed by atoms with Crippen molar-refractivity contribution < 1.29 is 0 Å². The lowest BCUT2D eigenvalue weighted by Gasteiger charge is -2.30. The van der Waals surface area contributed by atoms with Crippen molar-refractivity contribution >= 4 is 0 Å². The van der Waals surface area contributed by atoms with Gasteiger partial charge in [0, 0.05) is 5.41 Å². The Labute approximate surface area is 627 Å². The van der Waals surface area contributed by atoms with E-state index in [9.17, 15) is 0 Å². The van der Waals surface area contributed by atoms with Gasteiger partial charge >= 0.3 is 0 Å². The van der Waals surface area contributed by atoms with E-state index in [1.165, 1.54) is 187 Å². The van der Waals surface area contributed by atoms with E-state index in [2.05, 4.69) is 411 Å². The smallest absolute Gasteiger partial charge is 0.0622 e. The van der Waals surface area contributed by atoms with Gasteiger partial charge in [-0.25, -0.2) is 0 Å². The van der Waals surface area contributed by atoms with Crippen LogP contribution in [-0.4, -0.2) is 0 Å². The summed E-state index contributed by atoms with van der Waals surface area (Å²) in [6.45, 7) is 41.4. The van der Waals surface area contributed by atoms with Crippen LogP contribution in [0.2, 0.25) is 0 Å². The number of benzene rings is 13. The first kappa shape index (κ1) is 76.5. The molecule has 17 rings (SSSR count). The van der Waals surface area contributed by atoms with Crippen LogP contribution in [-0.2, 0) is 29.1 Å². The average Bonchev–Trinajstić information content (AvgIpc) is 1.51. The van der Waals surface area contributed by atoms with Gasteiger partial charge in [-0.1, -0.05) is 370 Å². The van der Waals surface area contributed by atoms with Crippen molar-refractivity contribution in [2.24, 2.45) is 0 Å². The van der Waals surface area contributed by atoms with Crippen LogP contribution in [0, 0.1) is 96.9 Å². The fraction of sp³-hybridized carbons (Fsp3) is 0.250. The fourth-order valence-corrected chi connectivity index (χ4v) is 15.7. The molecule has 104 heavy (non-hydrogen) atoms. The third-order valence-corrected chi connectivity index (χ3v) is 21.3. The Balaban J connectivity index is 0.000000132. The minimum absolute atomic E-state index is 0.151. The number of hydrogen-bond donors (Lipinski definition) is 0. The summed E-state index contributed by atoms with van der Waals surface area (Å²) in [7, 11) is 0. The van der Waals surface area contributed by atoms with E-state index in [0.717, 1.165) is 0 Å². The van der Waals surface area contributed by atoms with Gasteiger partial charge in [0.25, 0.3) is 0 Å². The van der Waals surface area contributed by atoms with E-state index >= 15 is 0 Å². The van der Waals surface area contributed by atoms with Gasteiger partial charge in [-0.2, -0.15) is 0 Å². The molecule has 0 nitrogen and oxygen atoms in total. The largest absolute Gasteiger partial charge is 0.0725 e. The van der Waals surface area contributed by atoms with Gasteiger partial charge in [0.2, 0.25) is 0 Å². The van der Waals surface area contributed by atoms with Crippen LogP contribution in [0.1, 0.15) is 175 Å². The fourth-order valence-electron chi connectivity index (χ4n) is 15.7. The second-order valence-electron chi connectivity index (χ2n) is 31.2. The maximum Gasteiger partial charge on any atom is 0.0725 e. The highest BCUT2D eigenvalue weighted by Gasteiger charge is 2.51. The molecule has 0 aromatic heterocycles. The number of rotatable bonds is 1. The van der Waals surface area contributed by atoms with E-state index < -0.39 is 0 Å². The van der Waals surface area contributed by atoms with Gasteiger partial charge < -0.3 is 0 Å². The summed E-state index contributed by atoms with van der Waals surface area (Å²) in [6.07, 6.45) is 5.38. The molecular weight excluding hydrogens is 1250 g/mol. The second-order valence-corrected chi connectivity index (χ2v) is 31.2. The molecule has 13 aromatic rings. The molecule has 4 aliphatic rings. The highest BCUT2D eigenvalue weighted by Crippen LogP contribution is 2.62. The van der Waals surface area contributed by atoms with Crippen LogP contribution in [0.4, 0.5) is 0 Å². The highest BCUT2D eigenvalue weighted by molar-refractivity contribution is 5.95. The average molecular weight is 1360 g/mol. The normalized spacial score (nSPS) is 12.8. The zero-order chi connectivity index (χ0) is 74.5. The third-order valence-electron chi connectivity index (χ3n) is 21.3. The lowest BCUT2D eigenvalue weighted by Crippen LogP contribution is -2.25. The predicted octanol–water partition coefficient (Wildman–Crippen LogP) is 28.3. The molecular formula is C104H112. The maximum absolute atomic E-state index is 2.40. The van der Waals surface area contributed by atoms with E-state index in [-0.39, 0.29) is 16.2 Å². The lowest BCUT2D eigenvalue weighted by atomic mass is 9.70. The molecule has 0 unspecified atom stereocenters. The summed E-state index contributed by atoms with van der Waals surface area (Å²) < 4.78 is 0. The van der Waals surface area contributed by atoms with Crippen molar-refractivity contribution in [3.05, 3.63) is 413 Å². The minimum atomic E-state index is -0.189. The van der Waals surface area contributed by atoms with Crippen molar-refractivity contribution in [2.75, 3.05) is 0 Å². The monoisotopic (exact) mass is 1360 g/mol. The van der Waals surface area contributed by atoms with Crippen LogP contribution in [0.5, 0.6) is 0 Å². The first-order valence-electron chi connectivity index (χ1n) is 37.8. The molecule has 0 heterocycles. The molecule has 0 atom stereocenters. The van der Waals surface area contributed by atoms with Crippen molar-refractivity contribution in [2.45, 2.75) is 173 Å². The van der Waals surface area contributed by atoms with Gasteiger partial charge in [0.1, 0.15) is 0 Å². The molecule has 0 saturated carbocycles. The van der Waals surface area contributed by atoms with E-state index in [1.54, 1.807) is 11.1 Å². The minimum Gasteiger partial charge on any atom is -0.0622 e. The molecule has 0 aliphatic heterocycles. The van der Waals surface area contributed by atoms with Crippen molar-refractivity contribution in [1.82, 2.24) is 0 Å². The topological polar surface area (TPSA) is 0 Å². The standard InChI is InChI=1S/C26H18.C16H16.C13H12.C11H14.C11H16.C10H14.C9H12.C8H10/c1-17-14-15-21-20-10-4-7-13-24(20)26(25(21)16-17)22-11-5-2-8-18(22)19-9-3-6-12-23(19)26;1-11-8-9-13-12-6-4-5-7-14(12)16(2,3)15(13)10-11;1-11-7-5-6-10-13(11)12-8-3-2-4-9-12;1-9-5-4-7-10-6-2-3-8-11(9)10;1-9-5-7-10(8-6-9)11(2,3)4;1-7-5-8(2)10(4)9(3)6-7;1-7-4-8(2)6-9(3)5-7;1-7-3-5-8(2)6-4-7/h2-16H,1H3;4-10H,1-3H3;2-10H,1H3;4-5,7H,2-3,6,8H2,1H3;5-8H,1-4H3;5-6H,1-4H3;4-6H,1-3H3;3-6H,1-2H3. The molecule has 0 N–H and O–H groups in total. The second kappa shape index (κ2) is 34.0. The van der Waals surface area contributed by atoms with Crippen LogP contribution in [0.3, 0.4) is 0 Å². The summed E-state index contributed by atoms with van der Waals surface area (Å²) in [5.74, 6) is 0. The molecule has 0 fully saturated rings. The number of aryl methyl sites for hydroxylation is 14. The molecule has 4 aliphatic carbocycles. The number of fused-ring (bicyclic) bond motifs is 14. The van der Waals surface area contributed by atoms with Gasteiger partial charge in [-0.15, -0.1) is 0 Å². The van der Waals surface area contributed by atoms with Crippen LogP contribution < -0.4 is 0 Å². The van der Waals surface area contributed by atoms with E-state index in [0.29, 0.717) is 0 Å². The van der Waals surface area contributed by atoms with Crippen LogP contribution in [0.25, 0.3) is 44.5 Å². The SMILES string of the molecule is Cc1cc(C)c(C)c(C)c1.Cc1cc(C)cc(C)c1.Cc1ccc(C(C)(C)C)cc1.Cc1ccc(C)cc1.Cc1ccc2c(c1)C(C)(C)c1ccccc1-2.Cc1ccc2c(c1)C1(c3ccccc3-c3ccccc31)c1ccccc1-2.Cc1cccc2c1CCCC2.Cc1ccccc1-c1ccccc1. The molecule has 0 amide bonds. The van der Waals surface area contributed by atoms with Crippen molar-refractivity contribution in [1.29, 1.82) is 0 Å². The lowest BCUT2D eigenvalue weighted by molar-refractivity contribution is 0.590. The zero-order valence-electron chi connectivity index (χ0n) is 66.0. The predicted molar refractivity (Wildman–Crippen MR) is 452 cm³/mol. The zero-order valence-corrected chi connectivity index (χ0v) is 66.0. The Hall–Kier alpha value is -10.1. The Morgan fingerprint density at radius 1 is 0.250 bits per heavy atom. The van der Waals surface area contributed by atoms with Gasteiger partial charge in [0.15, 0.2) is 0 Å². The molecule has 1 spiro atoms. The quantitative estimate of drug-likeness (QED) is 0.154. The Morgan fingerprint density at radius 2 is 0.606 bits per heavy atom. The van der Waals surface area contributed by atoms with Crippen molar-refractivity contribution in [3.63, 3.8) is 0 Å². The molecule has 0 heteroatoms. The Kier molecular flexibility index (Phi) is 25.0. The van der Waals surface area contributed by atoms with Gasteiger partial charge in [0.05, 0.1) is 5.41 Å². The van der Waals surface area contributed by atoms with Crippen LogP contribution in [0.15, 0.2) is 285 Å². The van der Waals surface area contributed by atoms with E-state index in [1.807, 2.05) is 6.07 Å². The Morgan fingerprint density at radius 3 is 1.07 bits per heavy atom. The highest BCUT2D eigenvalue weighted by atomic mass is 14.5. The first-order chi connectivity index (χ1) is 49.8. The van der Waals surface area contributed by atoms with Crippen LogP contribution >= 0.6 is 0 Å². The van der Waals surface area contributed by atoms with Gasteiger partial charge in [-0.05, 0) is 250 Å². The third kappa shape index (κ3) is 17.9. The first-order valence-corrected chi connectivity index (χ1v) is 37.8. The van der Waals surface area contributed by atoms with E-state index in [4.69, 9.17) is 0 Å². The summed E-state index contributed by atoms with van der Waals surface area (Å²) in [6, 6.07) is 103. The summed E-state index contributed by atoms with van der Waals surface area (Å²) in [5.41, 5.74) is 43.5. The van der Waals surface area contributed by atoms with Gasteiger partial charge in [-0.3, -0.25) is 0 Å². The summed E-state index contributed by atoms with van der Waals surface area (Å²) in [5, 5.41) is 0. The molecule has 0 radical (unpaired) electrons. The summed E-state index contributed by atoms with van der Waals surface area (Å²) >= 11 is 0. The number of hydrogen-bond acceptors (Lipinski definition) is 0. The summed E-state index contributed by atoms with van der Waals surface area (Å²) in [4.78, 5) is 0. The molecule has 13 aromatic carbocycles. The molecule has 528 valence electrons.